The molecule has 0 aliphatic rings. The predicted molar refractivity (Wildman–Crippen MR) is 76.7 cm³/mol. The van der Waals surface area contributed by atoms with Gasteiger partial charge in [-0.05, 0) is 32.0 Å². The van der Waals surface area contributed by atoms with E-state index in [1.807, 2.05) is 7.05 Å². The van der Waals surface area contributed by atoms with Crippen LogP contribution in [0.5, 0.6) is 0 Å². The second kappa shape index (κ2) is 8.49. The Morgan fingerprint density at radius 3 is 2.67 bits per heavy atom. The monoisotopic (exact) mass is 271 g/mol. The highest BCUT2D eigenvalue weighted by atomic mass is 35.5. The lowest BCUT2D eigenvalue weighted by Crippen LogP contribution is -2.28. The summed E-state index contributed by atoms with van der Waals surface area (Å²) in [5.41, 5.74) is 0.633. The van der Waals surface area contributed by atoms with E-state index in [0.717, 1.165) is 6.42 Å². The maximum Gasteiger partial charge on any atom is 0.127 e. The van der Waals surface area contributed by atoms with Crippen LogP contribution in [0, 0.1) is 5.82 Å². The molecule has 0 heterocycles. The molecular weight excluding hydrogens is 249 g/mol. The quantitative estimate of drug-likeness (QED) is 0.683. The Labute approximate surface area is 115 Å². The van der Waals surface area contributed by atoms with E-state index in [4.69, 9.17) is 11.6 Å². The first-order valence-corrected chi connectivity index (χ1v) is 7.17. The van der Waals surface area contributed by atoms with E-state index in [1.165, 1.54) is 31.7 Å². The second-order valence-corrected chi connectivity index (χ2v) is 5.15. The van der Waals surface area contributed by atoms with E-state index in [0.29, 0.717) is 23.0 Å². The zero-order valence-electron chi connectivity index (χ0n) is 11.3. The van der Waals surface area contributed by atoms with Gasteiger partial charge >= 0.3 is 0 Å². The molecule has 0 amide bonds. The minimum absolute atomic E-state index is 0.198. The van der Waals surface area contributed by atoms with Gasteiger partial charge in [-0.2, -0.15) is 0 Å². The number of nitrogens with one attached hydrogen (secondary N) is 1. The van der Waals surface area contributed by atoms with Crippen LogP contribution in [-0.2, 0) is 6.42 Å². The molecule has 0 aliphatic heterocycles. The van der Waals surface area contributed by atoms with E-state index in [1.54, 1.807) is 12.1 Å². The van der Waals surface area contributed by atoms with Crippen molar-refractivity contribution in [3.63, 3.8) is 0 Å². The Kier molecular flexibility index (Phi) is 7.29. The van der Waals surface area contributed by atoms with Gasteiger partial charge in [-0.15, -0.1) is 0 Å². The molecule has 1 aromatic rings. The summed E-state index contributed by atoms with van der Waals surface area (Å²) in [6.07, 6.45) is 6.68. The molecule has 0 fully saturated rings. The van der Waals surface area contributed by atoms with Crippen LogP contribution in [0.15, 0.2) is 18.2 Å². The van der Waals surface area contributed by atoms with E-state index in [2.05, 4.69) is 12.2 Å². The van der Waals surface area contributed by atoms with E-state index >= 15 is 0 Å². The summed E-state index contributed by atoms with van der Waals surface area (Å²) in [6.45, 7) is 2.20. The standard InChI is InChI=1S/C15H23ClFN/c1-3-4-5-6-8-12(18-2)11-13-14(16)9-7-10-15(13)17/h7,9-10,12,18H,3-6,8,11H2,1-2H3. The van der Waals surface area contributed by atoms with Crippen LogP contribution in [0.1, 0.15) is 44.6 Å². The van der Waals surface area contributed by atoms with E-state index < -0.39 is 0 Å². The van der Waals surface area contributed by atoms with E-state index in [-0.39, 0.29) is 5.82 Å². The highest BCUT2D eigenvalue weighted by Gasteiger charge is 2.13. The Hall–Kier alpha value is -0.600. The van der Waals surface area contributed by atoms with Crippen LogP contribution in [0.3, 0.4) is 0 Å². The number of hydrogen-bond donors (Lipinski definition) is 1. The van der Waals surface area contributed by atoms with Crippen molar-refractivity contribution in [3.8, 4) is 0 Å². The molecule has 0 saturated heterocycles. The fourth-order valence-corrected chi connectivity index (χ4v) is 2.38. The van der Waals surface area contributed by atoms with Gasteiger partial charge in [0, 0.05) is 16.6 Å². The van der Waals surface area contributed by atoms with Crippen molar-refractivity contribution in [3.05, 3.63) is 34.6 Å². The minimum Gasteiger partial charge on any atom is -0.317 e. The lowest BCUT2D eigenvalue weighted by Gasteiger charge is -2.17. The molecule has 0 spiro atoms. The summed E-state index contributed by atoms with van der Waals surface area (Å²) in [5, 5.41) is 3.79. The summed E-state index contributed by atoms with van der Waals surface area (Å²) in [4.78, 5) is 0. The smallest absolute Gasteiger partial charge is 0.127 e. The zero-order valence-corrected chi connectivity index (χ0v) is 12.1. The molecule has 1 unspecified atom stereocenters. The fourth-order valence-electron chi connectivity index (χ4n) is 2.14. The Bertz CT molecular complexity index is 334. The molecule has 0 aliphatic carbocycles. The first kappa shape index (κ1) is 15.5. The largest absolute Gasteiger partial charge is 0.317 e. The van der Waals surface area contributed by atoms with Crippen LogP contribution < -0.4 is 5.32 Å². The molecule has 1 aromatic carbocycles. The molecule has 102 valence electrons. The summed E-state index contributed by atoms with van der Waals surface area (Å²) in [5.74, 6) is -0.198. The van der Waals surface area contributed by atoms with Crippen LogP contribution >= 0.6 is 11.6 Å². The van der Waals surface area contributed by atoms with Gasteiger partial charge < -0.3 is 5.32 Å². The maximum atomic E-state index is 13.7. The molecule has 3 heteroatoms. The lowest BCUT2D eigenvalue weighted by molar-refractivity contribution is 0.475. The predicted octanol–water partition coefficient (Wildman–Crippen LogP) is 4.58. The average Bonchev–Trinajstić information content (AvgIpc) is 2.36. The van der Waals surface area contributed by atoms with Crippen molar-refractivity contribution in [2.75, 3.05) is 7.05 Å². The van der Waals surface area contributed by atoms with Gasteiger partial charge in [0.1, 0.15) is 5.82 Å². The van der Waals surface area contributed by atoms with Gasteiger partial charge in [0.15, 0.2) is 0 Å². The van der Waals surface area contributed by atoms with E-state index in [9.17, 15) is 4.39 Å². The van der Waals surface area contributed by atoms with Crippen molar-refractivity contribution in [1.29, 1.82) is 0 Å². The Morgan fingerprint density at radius 2 is 2.06 bits per heavy atom. The van der Waals surface area contributed by atoms with Crippen molar-refractivity contribution >= 4 is 11.6 Å². The van der Waals surface area contributed by atoms with Crippen LogP contribution in [0.4, 0.5) is 4.39 Å². The first-order chi connectivity index (χ1) is 8.69. The van der Waals surface area contributed by atoms with Crippen molar-refractivity contribution < 1.29 is 4.39 Å². The van der Waals surface area contributed by atoms with Crippen molar-refractivity contribution in [2.45, 2.75) is 51.5 Å². The SMILES string of the molecule is CCCCCCC(Cc1c(F)cccc1Cl)NC. The number of rotatable bonds is 8. The molecular formula is C15H23ClFN. The highest BCUT2D eigenvalue weighted by molar-refractivity contribution is 6.31. The molecule has 1 N–H and O–H groups in total. The third-order valence-corrected chi connectivity index (χ3v) is 3.68. The molecule has 0 radical (unpaired) electrons. The van der Waals surface area contributed by atoms with Crippen LogP contribution in [0.25, 0.3) is 0 Å². The zero-order chi connectivity index (χ0) is 13.4. The lowest BCUT2D eigenvalue weighted by atomic mass is 10.00. The molecule has 0 saturated carbocycles. The topological polar surface area (TPSA) is 12.0 Å². The summed E-state index contributed by atoms with van der Waals surface area (Å²) in [6, 6.07) is 5.18. The Balaban J connectivity index is 2.52. The number of halogens is 2. The summed E-state index contributed by atoms with van der Waals surface area (Å²) in [7, 11) is 1.93. The van der Waals surface area contributed by atoms with Gasteiger partial charge in [-0.3, -0.25) is 0 Å². The molecule has 1 atom stereocenters. The third-order valence-electron chi connectivity index (χ3n) is 3.33. The third kappa shape index (κ3) is 4.95. The number of likely N-dealkylation sites (N-methyl/N-ethyl adjacent to an activating group) is 1. The highest BCUT2D eigenvalue weighted by Crippen LogP contribution is 2.21. The Morgan fingerprint density at radius 1 is 1.28 bits per heavy atom. The summed E-state index contributed by atoms with van der Waals surface area (Å²) < 4.78 is 13.7. The van der Waals surface area contributed by atoms with Crippen LogP contribution in [-0.4, -0.2) is 13.1 Å². The first-order valence-electron chi connectivity index (χ1n) is 6.79. The number of hydrogen-bond acceptors (Lipinski definition) is 1. The molecule has 0 bridgehead atoms. The number of benzene rings is 1. The van der Waals surface area contributed by atoms with Gasteiger partial charge in [0.2, 0.25) is 0 Å². The van der Waals surface area contributed by atoms with Gasteiger partial charge in [0.25, 0.3) is 0 Å². The van der Waals surface area contributed by atoms with Gasteiger partial charge in [-0.1, -0.05) is 50.3 Å². The fraction of sp³-hybridized carbons (Fsp3) is 0.600. The van der Waals surface area contributed by atoms with Crippen molar-refractivity contribution in [2.24, 2.45) is 0 Å². The van der Waals surface area contributed by atoms with Crippen molar-refractivity contribution in [1.82, 2.24) is 5.32 Å². The molecule has 0 aromatic heterocycles. The van der Waals surface area contributed by atoms with Gasteiger partial charge in [-0.25, -0.2) is 4.39 Å². The molecule has 1 rings (SSSR count). The molecule has 1 nitrogen and oxygen atoms in total. The summed E-state index contributed by atoms with van der Waals surface area (Å²) >= 11 is 6.05. The number of unbranched alkanes of at least 4 members (excludes halogenated alkanes) is 3. The average molecular weight is 272 g/mol. The minimum atomic E-state index is -0.198. The van der Waals surface area contributed by atoms with Crippen LogP contribution in [0.2, 0.25) is 5.02 Å². The normalized spacial score (nSPS) is 12.7. The maximum absolute atomic E-state index is 13.7. The second-order valence-electron chi connectivity index (χ2n) is 4.74. The van der Waals surface area contributed by atoms with Gasteiger partial charge in [0.05, 0.1) is 0 Å². The molecule has 18 heavy (non-hydrogen) atoms.